The smallest absolute Gasteiger partial charge is 0.337 e. The molecule has 11 nitrogen and oxygen atoms in total. The van der Waals surface area contributed by atoms with Crippen molar-refractivity contribution >= 4 is 17.1 Å². The van der Waals surface area contributed by atoms with Crippen LogP contribution in [0.15, 0.2) is 15.9 Å². The van der Waals surface area contributed by atoms with E-state index in [1.807, 2.05) is 13.8 Å². The van der Waals surface area contributed by atoms with E-state index in [9.17, 15) is 24.6 Å². The number of rotatable bonds is 8. The van der Waals surface area contributed by atoms with Crippen molar-refractivity contribution in [3.05, 3.63) is 27.2 Å². The quantitative estimate of drug-likeness (QED) is 0.554. The highest BCUT2D eigenvalue weighted by molar-refractivity contribution is 5.76. The summed E-state index contributed by atoms with van der Waals surface area (Å²) in [5.41, 5.74) is -0.734. The van der Waals surface area contributed by atoms with E-state index in [0.717, 1.165) is 30.9 Å². The molecule has 2 aromatic rings. The van der Waals surface area contributed by atoms with E-state index in [1.165, 1.54) is 15.5 Å². The molecule has 0 radical (unpaired) electrons. The maximum absolute atomic E-state index is 13.2. The number of unbranched alkanes of at least 4 members (excludes halogenated alkanes) is 2. The fourth-order valence-corrected chi connectivity index (χ4v) is 3.63. The van der Waals surface area contributed by atoms with Gasteiger partial charge in [0.15, 0.2) is 23.5 Å². The van der Waals surface area contributed by atoms with Crippen LogP contribution in [0.3, 0.4) is 0 Å². The van der Waals surface area contributed by atoms with Crippen LogP contribution in [0.4, 0.5) is 0 Å². The summed E-state index contributed by atoms with van der Waals surface area (Å²) >= 11 is 0. The molecular formula is C19H28N4O7. The Morgan fingerprint density at radius 1 is 1.13 bits per heavy atom. The highest BCUT2D eigenvalue weighted by Gasteiger charge is 2.48. The number of fused-ring (bicyclic) bond motifs is 1. The van der Waals surface area contributed by atoms with E-state index in [0.29, 0.717) is 13.0 Å². The monoisotopic (exact) mass is 424 g/mol. The van der Waals surface area contributed by atoms with Crippen LogP contribution < -0.4 is 11.2 Å². The summed E-state index contributed by atoms with van der Waals surface area (Å²) in [5.74, 6) is -0.839. The van der Waals surface area contributed by atoms with Crippen LogP contribution in [0.5, 0.6) is 0 Å². The number of carbonyl (C=O) groups is 1. The largest absolute Gasteiger partial charge is 0.467 e. The average Bonchev–Trinajstić information content (AvgIpc) is 3.29. The summed E-state index contributed by atoms with van der Waals surface area (Å²) in [7, 11) is 1.14. The van der Waals surface area contributed by atoms with Gasteiger partial charge in [0.05, 0.1) is 13.4 Å². The molecule has 0 saturated carbocycles. The van der Waals surface area contributed by atoms with E-state index >= 15 is 0 Å². The second-order valence-electron chi connectivity index (χ2n) is 7.37. The molecule has 166 valence electrons. The summed E-state index contributed by atoms with van der Waals surface area (Å²) < 4.78 is 14.0. The van der Waals surface area contributed by atoms with Gasteiger partial charge in [-0.25, -0.2) is 14.6 Å². The van der Waals surface area contributed by atoms with Gasteiger partial charge in [0.1, 0.15) is 12.2 Å². The standard InChI is InChI=1S/C19H28N4O7/c1-4-6-8-21-15-11(16(26)22(19(21)28)9-7-5-2)23(10-20-15)17-13(25)12(24)14(30-17)18(27)29-3/h10,12-14,17,24-25H,4-9H2,1-3H3/t12-,13+,14-,17+/m0/s1. The first-order chi connectivity index (χ1) is 14.4. The van der Waals surface area contributed by atoms with Gasteiger partial charge < -0.3 is 19.7 Å². The number of aliphatic hydroxyl groups excluding tert-OH is 2. The Balaban J connectivity index is 2.16. The Kier molecular flexibility index (Phi) is 6.74. The van der Waals surface area contributed by atoms with E-state index in [2.05, 4.69) is 9.72 Å². The van der Waals surface area contributed by atoms with E-state index < -0.39 is 41.8 Å². The lowest BCUT2D eigenvalue weighted by Gasteiger charge is -2.18. The van der Waals surface area contributed by atoms with Crippen LogP contribution in [-0.2, 0) is 27.4 Å². The van der Waals surface area contributed by atoms with E-state index in [-0.39, 0.29) is 17.7 Å². The molecule has 0 aromatic carbocycles. The minimum absolute atomic E-state index is 0.0728. The fourth-order valence-electron chi connectivity index (χ4n) is 3.63. The molecule has 3 heterocycles. The summed E-state index contributed by atoms with van der Waals surface area (Å²) in [6.45, 7) is 4.59. The molecule has 1 aliphatic rings. The lowest BCUT2D eigenvalue weighted by atomic mass is 10.1. The van der Waals surface area contributed by atoms with Crippen LogP contribution in [-0.4, -0.2) is 60.3 Å². The molecule has 0 bridgehead atoms. The zero-order valence-corrected chi connectivity index (χ0v) is 17.4. The van der Waals surface area contributed by atoms with Gasteiger partial charge in [0, 0.05) is 13.1 Å². The first kappa shape index (κ1) is 22.2. The molecular weight excluding hydrogens is 396 g/mol. The van der Waals surface area contributed by atoms with Crippen molar-refractivity contribution in [3.63, 3.8) is 0 Å². The number of ether oxygens (including phenoxy) is 2. The number of carbonyl (C=O) groups excluding carboxylic acids is 1. The number of esters is 1. The van der Waals surface area contributed by atoms with Gasteiger partial charge in [-0.3, -0.25) is 18.5 Å². The molecule has 0 aliphatic carbocycles. The van der Waals surface area contributed by atoms with Crippen LogP contribution in [0.1, 0.15) is 45.8 Å². The molecule has 1 saturated heterocycles. The van der Waals surface area contributed by atoms with Crippen molar-refractivity contribution in [1.82, 2.24) is 18.7 Å². The van der Waals surface area contributed by atoms with E-state index in [4.69, 9.17) is 4.74 Å². The lowest BCUT2D eigenvalue weighted by Crippen LogP contribution is -2.41. The molecule has 1 aliphatic heterocycles. The van der Waals surface area contributed by atoms with Crippen molar-refractivity contribution in [2.24, 2.45) is 0 Å². The maximum Gasteiger partial charge on any atom is 0.337 e. The number of aliphatic hydroxyl groups is 2. The number of imidazole rings is 1. The minimum atomic E-state index is -1.53. The molecule has 0 unspecified atom stereocenters. The van der Waals surface area contributed by atoms with Gasteiger partial charge in [0.2, 0.25) is 0 Å². The SMILES string of the molecule is CCCCn1c(=O)c2c(ncn2[C@@H]2O[C@H](C(=O)OC)[C@@H](O)[C@H]2O)n(CCCC)c1=O. The Morgan fingerprint density at radius 3 is 2.37 bits per heavy atom. The average molecular weight is 424 g/mol. The Labute approximate surface area is 172 Å². The van der Waals surface area contributed by atoms with Crippen molar-refractivity contribution in [2.45, 2.75) is 77.2 Å². The van der Waals surface area contributed by atoms with Crippen LogP contribution in [0.2, 0.25) is 0 Å². The Hall–Kier alpha value is -2.50. The van der Waals surface area contributed by atoms with Gasteiger partial charge in [-0.1, -0.05) is 26.7 Å². The molecule has 1 fully saturated rings. The van der Waals surface area contributed by atoms with Gasteiger partial charge >= 0.3 is 11.7 Å². The number of nitrogens with zero attached hydrogens (tertiary/aromatic N) is 4. The van der Waals surface area contributed by atoms with Crippen molar-refractivity contribution < 1.29 is 24.5 Å². The molecule has 4 atom stereocenters. The van der Waals surface area contributed by atoms with Gasteiger partial charge in [-0.15, -0.1) is 0 Å². The lowest BCUT2D eigenvalue weighted by molar-refractivity contribution is -0.158. The fraction of sp³-hybridized carbons (Fsp3) is 0.684. The zero-order valence-electron chi connectivity index (χ0n) is 17.4. The molecule has 2 aromatic heterocycles. The third-order valence-electron chi connectivity index (χ3n) is 5.36. The van der Waals surface area contributed by atoms with Crippen LogP contribution >= 0.6 is 0 Å². The van der Waals surface area contributed by atoms with Gasteiger partial charge in [-0.05, 0) is 12.8 Å². The molecule has 3 rings (SSSR count). The second kappa shape index (κ2) is 9.11. The summed E-state index contributed by atoms with van der Waals surface area (Å²) in [5, 5.41) is 20.7. The van der Waals surface area contributed by atoms with Crippen molar-refractivity contribution in [1.29, 1.82) is 0 Å². The zero-order chi connectivity index (χ0) is 22.0. The molecule has 2 N–H and O–H groups in total. The summed E-state index contributed by atoms with van der Waals surface area (Å²) in [6.07, 6.45) is -1.37. The van der Waals surface area contributed by atoms with E-state index in [1.54, 1.807) is 0 Å². The summed E-state index contributed by atoms with van der Waals surface area (Å²) in [4.78, 5) is 42.2. The minimum Gasteiger partial charge on any atom is -0.467 e. The predicted octanol–water partition coefficient (Wildman–Crippen LogP) is -0.248. The van der Waals surface area contributed by atoms with Crippen molar-refractivity contribution in [3.8, 4) is 0 Å². The second-order valence-corrected chi connectivity index (χ2v) is 7.37. The van der Waals surface area contributed by atoms with Gasteiger partial charge in [-0.2, -0.15) is 0 Å². The van der Waals surface area contributed by atoms with Crippen LogP contribution in [0.25, 0.3) is 11.2 Å². The van der Waals surface area contributed by atoms with Crippen molar-refractivity contribution in [2.75, 3.05) is 7.11 Å². The predicted molar refractivity (Wildman–Crippen MR) is 106 cm³/mol. The molecule has 30 heavy (non-hydrogen) atoms. The number of hydrogen-bond donors (Lipinski definition) is 2. The first-order valence-corrected chi connectivity index (χ1v) is 10.2. The third kappa shape index (κ3) is 3.68. The molecule has 0 spiro atoms. The third-order valence-corrected chi connectivity index (χ3v) is 5.36. The highest BCUT2D eigenvalue weighted by atomic mass is 16.6. The molecule has 11 heteroatoms. The van der Waals surface area contributed by atoms with Gasteiger partial charge in [0.25, 0.3) is 5.56 Å². The molecule has 0 amide bonds. The number of aryl methyl sites for hydroxylation is 1. The summed E-state index contributed by atoms with van der Waals surface area (Å²) in [6, 6.07) is 0. The normalized spacial score (nSPS) is 23.9. The first-order valence-electron chi connectivity index (χ1n) is 10.2. The Bertz CT molecular complexity index is 1020. The maximum atomic E-state index is 13.2. The topological polar surface area (TPSA) is 138 Å². The highest BCUT2D eigenvalue weighted by Crippen LogP contribution is 2.31. The Morgan fingerprint density at radius 2 is 1.77 bits per heavy atom. The number of hydrogen-bond acceptors (Lipinski definition) is 8. The number of aromatic nitrogens is 4. The number of methoxy groups -OCH3 is 1. The van der Waals surface area contributed by atoms with Crippen LogP contribution in [0, 0.1) is 0 Å².